The number of ether oxygens (including phenoxy) is 1. The number of nitrogens with two attached hydrogens (primary N) is 1. The predicted molar refractivity (Wildman–Crippen MR) is 70.8 cm³/mol. The molecule has 0 fully saturated rings. The Hall–Kier alpha value is -0.960. The highest BCUT2D eigenvalue weighted by atomic mass is 79.9. The lowest BCUT2D eigenvalue weighted by Gasteiger charge is -2.12. The van der Waals surface area contributed by atoms with Gasteiger partial charge in [0, 0.05) is 5.69 Å². The highest BCUT2D eigenvalue weighted by Crippen LogP contribution is 2.35. The van der Waals surface area contributed by atoms with Crippen molar-refractivity contribution in [1.82, 2.24) is 5.32 Å². The van der Waals surface area contributed by atoms with E-state index < -0.39 is 25.2 Å². The summed E-state index contributed by atoms with van der Waals surface area (Å²) in [5.41, 5.74) is 6.03. The molecule has 19 heavy (non-hydrogen) atoms. The van der Waals surface area contributed by atoms with Crippen LogP contribution in [0.5, 0.6) is 5.75 Å². The number of nitrogens with one attached hydrogen (secondary N) is 1. The van der Waals surface area contributed by atoms with Crippen LogP contribution in [-0.4, -0.2) is 25.2 Å². The number of alkyl halides is 3. The molecule has 1 aromatic carbocycles. The van der Waals surface area contributed by atoms with Gasteiger partial charge in [0.2, 0.25) is 0 Å². The molecule has 1 rings (SSSR count). The highest BCUT2D eigenvalue weighted by Gasteiger charge is 2.27. The largest absolute Gasteiger partial charge is 0.481 e. The SMILES string of the molecule is Nc1cc(Br)c(OCC(=O)NCC(F)(F)F)c(Br)c1. The first-order chi connectivity index (χ1) is 8.69. The summed E-state index contributed by atoms with van der Waals surface area (Å²) in [4.78, 5) is 11.2. The van der Waals surface area contributed by atoms with Gasteiger partial charge in [-0.15, -0.1) is 0 Å². The molecule has 3 N–H and O–H groups in total. The first-order valence-electron chi connectivity index (χ1n) is 4.90. The molecule has 106 valence electrons. The van der Waals surface area contributed by atoms with E-state index >= 15 is 0 Å². The van der Waals surface area contributed by atoms with E-state index in [1.165, 1.54) is 0 Å². The molecule has 0 spiro atoms. The van der Waals surface area contributed by atoms with Crippen LogP contribution in [0, 0.1) is 0 Å². The standard InChI is InChI=1S/C10H9Br2F3N2O2/c11-6-1-5(16)2-7(12)9(6)19-3-8(18)17-4-10(13,14)15/h1-2H,3-4,16H2,(H,17,18). The van der Waals surface area contributed by atoms with Crippen molar-refractivity contribution in [3.05, 3.63) is 21.1 Å². The van der Waals surface area contributed by atoms with Crippen LogP contribution in [0.15, 0.2) is 21.1 Å². The molecule has 0 aliphatic carbocycles. The Bertz CT molecular complexity index is 457. The van der Waals surface area contributed by atoms with E-state index in [1.807, 2.05) is 0 Å². The van der Waals surface area contributed by atoms with Crippen LogP contribution in [0.2, 0.25) is 0 Å². The van der Waals surface area contributed by atoms with Gasteiger partial charge in [-0.25, -0.2) is 0 Å². The van der Waals surface area contributed by atoms with Crippen molar-refractivity contribution < 1.29 is 22.7 Å². The average molecular weight is 406 g/mol. The van der Waals surface area contributed by atoms with E-state index in [0.717, 1.165) is 0 Å². The van der Waals surface area contributed by atoms with Gasteiger partial charge in [0.1, 0.15) is 12.3 Å². The molecule has 0 aliphatic heterocycles. The number of hydrogen-bond acceptors (Lipinski definition) is 3. The minimum atomic E-state index is -4.45. The summed E-state index contributed by atoms with van der Waals surface area (Å²) in [7, 11) is 0. The zero-order valence-corrected chi connectivity index (χ0v) is 12.5. The van der Waals surface area contributed by atoms with E-state index in [0.29, 0.717) is 14.6 Å². The quantitative estimate of drug-likeness (QED) is 0.757. The second kappa shape index (κ2) is 6.47. The number of rotatable bonds is 4. The van der Waals surface area contributed by atoms with Crippen molar-refractivity contribution in [3.63, 3.8) is 0 Å². The summed E-state index contributed by atoms with van der Waals surface area (Å²) in [6, 6.07) is 3.10. The zero-order chi connectivity index (χ0) is 14.6. The van der Waals surface area contributed by atoms with Crippen LogP contribution < -0.4 is 15.8 Å². The second-order valence-electron chi connectivity index (χ2n) is 3.49. The van der Waals surface area contributed by atoms with Gasteiger partial charge in [0.05, 0.1) is 8.95 Å². The van der Waals surface area contributed by atoms with E-state index in [9.17, 15) is 18.0 Å². The highest BCUT2D eigenvalue weighted by molar-refractivity contribution is 9.11. The number of anilines is 1. The Kier molecular flexibility index (Phi) is 5.48. The van der Waals surface area contributed by atoms with Crippen LogP contribution >= 0.6 is 31.9 Å². The van der Waals surface area contributed by atoms with Crippen LogP contribution in [0.1, 0.15) is 0 Å². The second-order valence-corrected chi connectivity index (χ2v) is 5.20. The fraction of sp³-hybridized carbons (Fsp3) is 0.300. The van der Waals surface area contributed by atoms with Gasteiger partial charge in [-0.3, -0.25) is 4.79 Å². The zero-order valence-electron chi connectivity index (χ0n) is 9.35. The van der Waals surface area contributed by atoms with Crippen molar-refractivity contribution in [2.24, 2.45) is 0 Å². The maximum Gasteiger partial charge on any atom is 0.405 e. The van der Waals surface area contributed by atoms with Gasteiger partial charge in [-0.1, -0.05) is 0 Å². The normalized spacial score (nSPS) is 11.2. The summed E-state index contributed by atoms with van der Waals surface area (Å²) < 4.78 is 41.7. The lowest BCUT2D eigenvalue weighted by atomic mass is 10.3. The summed E-state index contributed by atoms with van der Waals surface area (Å²) in [5.74, 6) is -0.579. The Labute approximate surface area is 123 Å². The number of halogens is 5. The Morgan fingerprint density at radius 1 is 1.32 bits per heavy atom. The number of carbonyl (C=O) groups excluding carboxylic acids is 1. The third kappa shape index (κ3) is 5.68. The number of benzene rings is 1. The van der Waals surface area contributed by atoms with Gasteiger partial charge in [0.25, 0.3) is 5.91 Å². The monoisotopic (exact) mass is 404 g/mol. The lowest BCUT2D eigenvalue weighted by Crippen LogP contribution is -2.36. The minimum Gasteiger partial charge on any atom is -0.481 e. The van der Waals surface area contributed by atoms with E-state index in [-0.39, 0.29) is 5.75 Å². The first kappa shape index (κ1) is 16.1. The molecule has 4 nitrogen and oxygen atoms in total. The minimum absolute atomic E-state index is 0.288. The maximum absolute atomic E-state index is 11.9. The first-order valence-corrected chi connectivity index (χ1v) is 6.48. The molecule has 0 saturated carbocycles. The molecule has 0 bridgehead atoms. The Morgan fingerprint density at radius 3 is 2.32 bits per heavy atom. The van der Waals surface area contributed by atoms with Gasteiger partial charge in [-0.2, -0.15) is 13.2 Å². The Morgan fingerprint density at radius 2 is 1.84 bits per heavy atom. The third-order valence-corrected chi connectivity index (χ3v) is 3.03. The van der Waals surface area contributed by atoms with Crippen LogP contribution in [0.3, 0.4) is 0 Å². The van der Waals surface area contributed by atoms with Crippen molar-refractivity contribution in [1.29, 1.82) is 0 Å². The molecule has 0 radical (unpaired) electrons. The van der Waals surface area contributed by atoms with Crippen molar-refractivity contribution in [2.75, 3.05) is 18.9 Å². The summed E-state index contributed by atoms with van der Waals surface area (Å²) in [6.07, 6.45) is -4.45. The molecule has 0 unspecified atom stereocenters. The van der Waals surface area contributed by atoms with Crippen LogP contribution in [-0.2, 0) is 4.79 Å². The van der Waals surface area contributed by atoms with Gasteiger partial charge in [0.15, 0.2) is 6.61 Å². The van der Waals surface area contributed by atoms with Crippen molar-refractivity contribution >= 4 is 43.5 Å². The van der Waals surface area contributed by atoms with Crippen LogP contribution in [0.25, 0.3) is 0 Å². The lowest BCUT2D eigenvalue weighted by molar-refractivity contribution is -0.139. The molecule has 0 aliphatic rings. The summed E-state index contributed by atoms with van der Waals surface area (Å²) >= 11 is 6.34. The van der Waals surface area contributed by atoms with E-state index in [4.69, 9.17) is 10.5 Å². The van der Waals surface area contributed by atoms with Gasteiger partial charge in [-0.05, 0) is 44.0 Å². The molecular weight excluding hydrogens is 397 g/mol. The molecule has 0 saturated heterocycles. The van der Waals surface area contributed by atoms with E-state index in [2.05, 4.69) is 31.9 Å². The summed E-state index contributed by atoms with van der Waals surface area (Å²) in [5, 5.41) is 1.70. The van der Waals surface area contributed by atoms with Gasteiger partial charge < -0.3 is 15.8 Å². The fourth-order valence-electron chi connectivity index (χ4n) is 1.10. The smallest absolute Gasteiger partial charge is 0.405 e. The fourth-order valence-corrected chi connectivity index (χ4v) is 2.56. The molecular formula is C10H9Br2F3N2O2. The molecule has 1 aromatic rings. The molecule has 0 aromatic heterocycles. The van der Waals surface area contributed by atoms with Gasteiger partial charge >= 0.3 is 6.18 Å². The average Bonchev–Trinajstić information content (AvgIpc) is 2.23. The number of amides is 1. The number of hydrogen-bond donors (Lipinski definition) is 2. The van der Waals surface area contributed by atoms with Crippen LogP contribution in [0.4, 0.5) is 18.9 Å². The van der Waals surface area contributed by atoms with Crippen molar-refractivity contribution in [3.8, 4) is 5.75 Å². The molecule has 1 amide bonds. The third-order valence-electron chi connectivity index (χ3n) is 1.85. The molecule has 9 heteroatoms. The summed E-state index contributed by atoms with van der Waals surface area (Å²) in [6.45, 7) is -1.92. The van der Waals surface area contributed by atoms with E-state index in [1.54, 1.807) is 17.4 Å². The predicted octanol–water partition coefficient (Wildman–Crippen LogP) is 2.85. The maximum atomic E-state index is 11.9. The number of nitrogen functional groups attached to an aromatic ring is 1. The van der Waals surface area contributed by atoms with Crippen molar-refractivity contribution in [2.45, 2.75) is 6.18 Å². The number of carbonyl (C=O) groups is 1. The molecule has 0 atom stereocenters. The molecule has 0 heterocycles. The topological polar surface area (TPSA) is 64.3 Å². The Balaban J connectivity index is 2.56.